The summed E-state index contributed by atoms with van der Waals surface area (Å²) in [5.74, 6) is -0.348. The molecule has 0 saturated heterocycles. The minimum absolute atomic E-state index is 0.152. The van der Waals surface area contributed by atoms with E-state index in [-0.39, 0.29) is 24.8 Å². The Kier molecular flexibility index (Phi) is 5.54. The number of hydrogen-bond donors (Lipinski definition) is 2. The number of nitrogens with one attached hydrogen (secondary N) is 2. The third-order valence-electron chi connectivity index (χ3n) is 3.52. The van der Waals surface area contributed by atoms with Crippen LogP contribution < -0.4 is 10.6 Å². The monoisotopic (exact) mass is 378 g/mol. The van der Waals surface area contributed by atoms with E-state index < -0.39 is 0 Å². The highest BCUT2D eigenvalue weighted by molar-refractivity contribution is 9.10. The Labute approximate surface area is 143 Å². The molecule has 2 amide bonds. The molecule has 1 heterocycles. The first-order valence-electron chi connectivity index (χ1n) is 7.22. The lowest BCUT2D eigenvalue weighted by Crippen LogP contribution is -2.27. The molecular weight excluding hydrogens is 360 g/mol. The van der Waals surface area contributed by atoms with Gasteiger partial charge in [0.25, 0.3) is 5.91 Å². The lowest BCUT2D eigenvalue weighted by molar-refractivity contribution is -0.116. The summed E-state index contributed by atoms with van der Waals surface area (Å²) in [4.78, 5) is 23.9. The highest BCUT2D eigenvalue weighted by Crippen LogP contribution is 2.18. The van der Waals surface area contributed by atoms with Crippen LogP contribution in [0.4, 0.5) is 5.69 Å². The first-order chi connectivity index (χ1) is 10.9. The summed E-state index contributed by atoms with van der Waals surface area (Å²) in [6.07, 6.45) is 0.204. The van der Waals surface area contributed by atoms with Gasteiger partial charge in [-0.3, -0.25) is 14.3 Å². The summed E-state index contributed by atoms with van der Waals surface area (Å²) in [7, 11) is 1.83. The largest absolute Gasteiger partial charge is 0.352 e. The van der Waals surface area contributed by atoms with Gasteiger partial charge in [-0.25, -0.2) is 0 Å². The number of amides is 2. The Morgan fingerprint density at radius 3 is 2.43 bits per heavy atom. The van der Waals surface area contributed by atoms with E-state index in [2.05, 4.69) is 31.7 Å². The number of aryl methyl sites for hydroxylation is 2. The number of carbonyl (C=O) groups is 2. The number of aromatic nitrogens is 2. The van der Waals surface area contributed by atoms with Gasteiger partial charge in [-0.05, 0) is 38.1 Å². The summed E-state index contributed by atoms with van der Waals surface area (Å²) in [6.45, 7) is 4.02. The standard InChI is InChI=1S/C16H19BrN4O2/c1-10-15(11(2)21(3)20-10)19-14(22)8-9-18-16(23)12-4-6-13(17)7-5-12/h4-7H,8-9H2,1-3H3,(H,18,23)(H,19,22). The molecule has 0 unspecified atom stereocenters. The van der Waals surface area contributed by atoms with Crippen LogP contribution in [0.2, 0.25) is 0 Å². The summed E-state index contributed by atoms with van der Waals surface area (Å²) >= 11 is 3.32. The van der Waals surface area contributed by atoms with Crippen LogP contribution in [0.3, 0.4) is 0 Å². The quantitative estimate of drug-likeness (QED) is 0.839. The van der Waals surface area contributed by atoms with Crippen molar-refractivity contribution in [2.24, 2.45) is 7.05 Å². The predicted octanol–water partition coefficient (Wildman–Crippen LogP) is 2.56. The van der Waals surface area contributed by atoms with Gasteiger partial charge in [-0.1, -0.05) is 15.9 Å². The minimum Gasteiger partial charge on any atom is -0.352 e. The molecule has 2 N–H and O–H groups in total. The second kappa shape index (κ2) is 7.41. The highest BCUT2D eigenvalue weighted by Gasteiger charge is 2.12. The molecule has 0 radical (unpaired) electrons. The van der Waals surface area contributed by atoms with Gasteiger partial charge in [0.1, 0.15) is 0 Å². The van der Waals surface area contributed by atoms with E-state index in [0.717, 1.165) is 21.5 Å². The molecule has 0 atom stereocenters. The fraction of sp³-hybridized carbons (Fsp3) is 0.312. The minimum atomic E-state index is -0.195. The number of anilines is 1. The zero-order chi connectivity index (χ0) is 17.0. The van der Waals surface area contributed by atoms with Gasteiger partial charge < -0.3 is 10.6 Å². The Morgan fingerprint density at radius 1 is 1.22 bits per heavy atom. The molecule has 1 aromatic heterocycles. The van der Waals surface area contributed by atoms with Gasteiger partial charge >= 0.3 is 0 Å². The normalized spacial score (nSPS) is 10.4. The van der Waals surface area contributed by atoms with E-state index in [1.54, 1.807) is 28.9 Å². The lowest BCUT2D eigenvalue weighted by Gasteiger charge is -2.07. The van der Waals surface area contributed by atoms with Crippen molar-refractivity contribution in [1.29, 1.82) is 0 Å². The average molecular weight is 379 g/mol. The fourth-order valence-electron chi connectivity index (χ4n) is 2.15. The van der Waals surface area contributed by atoms with E-state index >= 15 is 0 Å². The van der Waals surface area contributed by atoms with Gasteiger partial charge in [0.05, 0.1) is 17.1 Å². The van der Waals surface area contributed by atoms with Gasteiger partial charge in [0.2, 0.25) is 5.91 Å². The molecule has 0 bridgehead atoms. The van der Waals surface area contributed by atoms with Gasteiger partial charge in [0, 0.05) is 30.0 Å². The Balaban J connectivity index is 1.83. The molecule has 2 aromatic rings. The molecule has 0 spiro atoms. The zero-order valence-electron chi connectivity index (χ0n) is 13.3. The maximum Gasteiger partial charge on any atom is 0.251 e. The Hall–Kier alpha value is -2.15. The molecule has 0 fully saturated rings. The third kappa shape index (κ3) is 4.41. The Morgan fingerprint density at radius 2 is 1.87 bits per heavy atom. The molecule has 23 heavy (non-hydrogen) atoms. The molecule has 7 heteroatoms. The summed E-state index contributed by atoms with van der Waals surface area (Å²) in [5, 5.41) is 9.82. The van der Waals surface area contributed by atoms with Crippen molar-refractivity contribution < 1.29 is 9.59 Å². The van der Waals surface area contributed by atoms with E-state index in [1.807, 2.05) is 20.9 Å². The van der Waals surface area contributed by atoms with E-state index in [0.29, 0.717) is 5.56 Å². The van der Waals surface area contributed by atoms with Crippen LogP contribution in [-0.2, 0) is 11.8 Å². The summed E-state index contributed by atoms with van der Waals surface area (Å²) in [5.41, 5.74) is 2.97. The third-order valence-corrected chi connectivity index (χ3v) is 4.05. The molecular formula is C16H19BrN4O2. The number of benzene rings is 1. The molecule has 6 nitrogen and oxygen atoms in total. The second-order valence-electron chi connectivity index (χ2n) is 5.23. The van der Waals surface area contributed by atoms with E-state index in [9.17, 15) is 9.59 Å². The van der Waals surface area contributed by atoms with Gasteiger partial charge in [-0.2, -0.15) is 5.10 Å². The molecule has 0 aliphatic carbocycles. The molecule has 1 aromatic carbocycles. The van der Waals surface area contributed by atoms with Crippen molar-refractivity contribution in [2.45, 2.75) is 20.3 Å². The first kappa shape index (κ1) is 17.2. The van der Waals surface area contributed by atoms with Crippen molar-refractivity contribution in [3.05, 3.63) is 45.7 Å². The van der Waals surface area contributed by atoms with Gasteiger partial charge in [-0.15, -0.1) is 0 Å². The topological polar surface area (TPSA) is 76.0 Å². The lowest BCUT2D eigenvalue weighted by atomic mass is 10.2. The number of rotatable bonds is 5. The maximum atomic E-state index is 12.0. The van der Waals surface area contributed by atoms with Crippen LogP contribution in [0.1, 0.15) is 28.2 Å². The molecule has 122 valence electrons. The maximum absolute atomic E-state index is 12.0. The molecule has 0 aliphatic rings. The van der Waals surface area contributed by atoms with Crippen molar-refractivity contribution >= 4 is 33.4 Å². The molecule has 2 rings (SSSR count). The fourth-order valence-corrected chi connectivity index (χ4v) is 2.41. The van der Waals surface area contributed by atoms with Crippen LogP contribution >= 0.6 is 15.9 Å². The van der Waals surface area contributed by atoms with Crippen LogP contribution in [-0.4, -0.2) is 28.1 Å². The number of hydrogen-bond acceptors (Lipinski definition) is 3. The highest BCUT2D eigenvalue weighted by atomic mass is 79.9. The smallest absolute Gasteiger partial charge is 0.251 e. The van der Waals surface area contributed by atoms with Crippen molar-refractivity contribution in [3.8, 4) is 0 Å². The van der Waals surface area contributed by atoms with Crippen LogP contribution in [0, 0.1) is 13.8 Å². The Bertz CT molecular complexity index is 722. The number of nitrogens with zero attached hydrogens (tertiary/aromatic N) is 2. The first-order valence-corrected chi connectivity index (χ1v) is 8.01. The summed E-state index contributed by atoms with van der Waals surface area (Å²) in [6, 6.07) is 7.05. The van der Waals surface area contributed by atoms with Crippen LogP contribution in [0.25, 0.3) is 0 Å². The van der Waals surface area contributed by atoms with Crippen molar-refractivity contribution in [1.82, 2.24) is 15.1 Å². The molecule has 0 saturated carbocycles. The van der Waals surface area contributed by atoms with E-state index in [4.69, 9.17) is 0 Å². The average Bonchev–Trinajstić information content (AvgIpc) is 2.74. The number of carbonyl (C=O) groups excluding carboxylic acids is 2. The van der Waals surface area contributed by atoms with E-state index in [1.165, 1.54) is 0 Å². The van der Waals surface area contributed by atoms with Crippen molar-refractivity contribution in [2.75, 3.05) is 11.9 Å². The molecule has 0 aliphatic heterocycles. The van der Waals surface area contributed by atoms with Crippen LogP contribution in [0.5, 0.6) is 0 Å². The summed E-state index contributed by atoms with van der Waals surface area (Å²) < 4.78 is 2.64. The van der Waals surface area contributed by atoms with Gasteiger partial charge in [0.15, 0.2) is 0 Å². The van der Waals surface area contributed by atoms with Crippen LogP contribution in [0.15, 0.2) is 28.7 Å². The van der Waals surface area contributed by atoms with Crippen molar-refractivity contribution in [3.63, 3.8) is 0 Å². The SMILES string of the molecule is Cc1nn(C)c(C)c1NC(=O)CCNC(=O)c1ccc(Br)cc1. The zero-order valence-corrected chi connectivity index (χ0v) is 14.9. The number of halogens is 1. The predicted molar refractivity (Wildman–Crippen MR) is 92.4 cm³/mol. The second-order valence-corrected chi connectivity index (χ2v) is 6.15.